The van der Waals surface area contributed by atoms with E-state index in [0.717, 1.165) is 35.1 Å². The lowest BCUT2D eigenvalue weighted by Crippen LogP contribution is -2.51. The number of imidazole rings is 1. The summed E-state index contributed by atoms with van der Waals surface area (Å²) >= 11 is 0. The van der Waals surface area contributed by atoms with Crippen molar-refractivity contribution in [2.24, 2.45) is 0 Å². The fraction of sp³-hybridized carbons (Fsp3) is 0.310. The van der Waals surface area contributed by atoms with Crippen LogP contribution >= 0.6 is 0 Å². The molecule has 37 heavy (non-hydrogen) atoms. The maximum atomic E-state index is 13.4. The molecule has 2 aliphatic rings. The molecule has 1 spiro atoms. The van der Waals surface area contributed by atoms with E-state index < -0.39 is 0 Å². The van der Waals surface area contributed by atoms with Crippen LogP contribution in [-0.4, -0.2) is 50.9 Å². The molecule has 188 valence electrons. The molecule has 2 aromatic carbocycles. The summed E-state index contributed by atoms with van der Waals surface area (Å²) in [5.41, 5.74) is 5.16. The number of H-pyrrole nitrogens is 1. The molecule has 2 amide bonds. The van der Waals surface area contributed by atoms with E-state index >= 15 is 0 Å². The van der Waals surface area contributed by atoms with Gasteiger partial charge in [-0.1, -0.05) is 30.3 Å². The van der Waals surface area contributed by atoms with Crippen LogP contribution in [0.15, 0.2) is 73.2 Å². The summed E-state index contributed by atoms with van der Waals surface area (Å²) in [6.07, 6.45) is 4.61. The highest BCUT2D eigenvalue weighted by Gasteiger charge is 2.54. The second-order valence-electron chi connectivity index (χ2n) is 9.90. The number of pyridine rings is 1. The zero-order valence-corrected chi connectivity index (χ0v) is 20.7. The van der Waals surface area contributed by atoms with Gasteiger partial charge in [-0.05, 0) is 54.3 Å². The molecule has 1 aliphatic heterocycles. The third kappa shape index (κ3) is 4.17. The molecule has 0 unspecified atom stereocenters. The predicted octanol–water partition coefficient (Wildman–Crippen LogP) is 3.91. The summed E-state index contributed by atoms with van der Waals surface area (Å²) in [6.45, 7) is 3.10. The number of carbonyl (C=O) groups is 2. The smallest absolute Gasteiger partial charge is 0.253 e. The Morgan fingerprint density at radius 1 is 1.08 bits per heavy atom. The first-order chi connectivity index (χ1) is 18.0. The van der Waals surface area contributed by atoms with Crippen molar-refractivity contribution in [1.82, 2.24) is 25.2 Å². The minimum absolute atomic E-state index is 0.0157. The van der Waals surface area contributed by atoms with E-state index in [1.807, 2.05) is 53.4 Å². The van der Waals surface area contributed by atoms with Crippen molar-refractivity contribution in [1.29, 1.82) is 0 Å². The van der Waals surface area contributed by atoms with E-state index in [9.17, 15) is 9.59 Å². The van der Waals surface area contributed by atoms with Crippen LogP contribution in [0.1, 0.15) is 53.0 Å². The number of ether oxygens (including phenoxy) is 1. The number of likely N-dealkylation sites (tertiary alicyclic amines) is 1. The van der Waals surface area contributed by atoms with E-state index in [4.69, 9.17) is 4.74 Å². The molecule has 8 nitrogen and oxygen atoms in total. The highest BCUT2D eigenvalue weighted by Crippen LogP contribution is 2.52. The van der Waals surface area contributed by atoms with Gasteiger partial charge in [-0.2, -0.15) is 0 Å². The van der Waals surface area contributed by atoms with E-state index in [0.29, 0.717) is 25.3 Å². The van der Waals surface area contributed by atoms with Gasteiger partial charge in [-0.15, -0.1) is 0 Å². The van der Waals surface area contributed by atoms with Gasteiger partial charge in [-0.25, -0.2) is 4.98 Å². The number of nitrogens with one attached hydrogen (secondary N) is 2. The van der Waals surface area contributed by atoms with Gasteiger partial charge in [0.25, 0.3) is 5.91 Å². The molecule has 1 aliphatic carbocycles. The second-order valence-corrected chi connectivity index (χ2v) is 9.90. The van der Waals surface area contributed by atoms with Gasteiger partial charge in [0, 0.05) is 37.2 Å². The van der Waals surface area contributed by atoms with Gasteiger partial charge in [0.2, 0.25) is 5.91 Å². The van der Waals surface area contributed by atoms with Crippen molar-refractivity contribution >= 4 is 22.8 Å². The molecular weight excluding hydrogens is 466 g/mol. The molecular formula is C29H29N5O3. The number of amides is 2. The quantitative estimate of drug-likeness (QED) is 0.437. The van der Waals surface area contributed by atoms with Crippen molar-refractivity contribution in [3.63, 3.8) is 0 Å². The predicted molar refractivity (Wildman–Crippen MR) is 139 cm³/mol. The molecule has 2 aromatic heterocycles. The van der Waals surface area contributed by atoms with Crippen LogP contribution in [0, 0.1) is 0 Å². The van der Waals surface area contributed by atoms with Gasteiger partial charge < -0.3 is 19.9 Å². The molecule has 2 atom stereocenters. The molecule has 4 aromatic rings. The monoisotopic (exact) mass is 495 g/mol. The number of nitrogens with zero attached hydrogens (tertiary/aromatic N) is 3. The minimum Gasteiger partial charge on any atom is -0.368 e. The summed E-state index contributed by atoms with van der Waals surface area (Å²) in [4.78, 5) is 39.3. The molecule has 3 heterocycles. The Kier molecular flexibility index (Phi) is 5.96. The molecule has 2 N–H and O–H groups in total. The average molecular weight is 496 g/mol. The summed E-state index contributed by atoms with van der Waals surface area (Å²) in [7, 11) is 0. The van der Waals surface area contributed by atoms with Gasteiger partial charge >= 0.3 is 0 Å². The number of hydrogen-bond donors (Lipinski definition) is 2. The lowest BCUT2D eigenvalue weighted by atomic mass is 9.71. The molecule has 1 fully saturated rings. The number of benzene rings is 2. The van der Waals surface area contributed by atoms with Gasteiger partial charge in [-0.3, -0.25) is 14.6 Å². The van der Waals surface area contributed by atoms with E-state index in [-0.39, 0.29) is 29.4 Å². The van der Waals surface area contributed by atoms with Crippen LogP contribution in [0.4, 0.5) is 0 Å². The number of aromatic amines is 1. The summed E-state index contributed by atoms with van der Waals surface area (Å²) in [5.74, 6) is -0.0768. The maximum absolute atomic E-state index is 13.4. The fourth-order valence-electron chi connectivity index (χ4n) is 6.06. The summed E-state index contributed by atoms with van der Waals surface area (Å²) in [5, 5.41) is 3.16. The molecule has 6 rings (SSSR count). The van der Waals surface area contributed by atoms with Gasteiger partial charge in [0.1, 0.15) is 0 Å². The largest absolute Gasteiger partial charge is 0.368 e. The van der Waals surface area contributed by atoms with E-state index in [2.05, 4.69) is 32.4 Å². The van der Waals surface area contributed by atoms with Crippen molar-refractivity contribution in [2.75, 3.05) is 13.1 Å². The third-order valence-corrected chi connectivity index (χ3v) is 7.79. The van der Waals surface area contributed by atoms with Gasteiger partial charge in [0.15, 0.2) is 0 Å². The Balaban J connectivity index is 1.28. The summed E-state index contributed by atoms with van der Waals surface area (Å²) in [6, 6.07) is 19.4. The van der Waals surface area contributed by atoms with Crippen LogP contribution in [0.3, 0.4) is 0 Å². The van der Waals surface area contributed by atoms with Gasteiger partial charge in [0.05, 0.1) is 41.8 Å². The highest BCUT2D eigenvalue weighted by molar-refractivity contribution is 5.97. The first-order valence-corrected chi connectivity index (χ1v) is 12.7. The van der Waals surface area contributed by atoms with Crippen molar-refractivity contribution in [3.8, 4) is 0 Å². The van der Waals surface area contributed by atoms with Crippen LogP contribution in [0.2, 0.25) is 0 Å². The molecule has 0 saturated carbocycles. The standard InChI is InChI=1S/C29H29N5O3/c1-19(35)33-26-22-7-2-3-8-23(22)29(27(26)37-17-21-6-4-5-13-30-21)11-14-34(15-12-29)28(36)20-9-10-24-25(16-20)32-18-31-24/h2-10,13,16,18,26-27H,11-12,14-15,17H2,1H3,(H,31,32)(H,33,35)/t26-,27+/m0/s1. The number of piperidine rings is 1. The lowest BCUT2D eigenvalue weighted by Gasteiger charge is -2.44. The summed E-state index contributed by atoms with van der Waals surface area (Å²) < 4.78 is 6.61. The maximum Gasteiger partial charge on any atom is 0.253 e. The fourth-order valence-corrected chi connectivity index (χ4v) is 6.06. The first-order valence-electron chi connectivity index (χ1n) is 12.7. The normalized spacial score (nSPS) is 20.2. The van der Waals surface area contributed by atoms with Crippen molar-refractivity contribution in [2.45, 2.75) is 43.9 Å². The number of carbonyl (C=O) groups excluding carboxylic acids is 2. The third-order valence-electron chi connectivity index (χ3n) is 7.79. The number of fused-ring (bicyclic) bond motifs is 3. The van der Waals surface area contributed by atoms with E-state index in [1.54, 1.807) is 19.4 Å². The van der Waals surface area contributed by atoms with Crippen molar-refractivity contribution in [3.05, 3.63) is 95.6 Å². The number of rotatable bonds is 5. The molecule has 1 saturated heterocycles. The Morgan fingerprint density at radius 2 is 1.89 bits per heavy atom. The Morgan fingerprint density at radius 3 is 2.68 bits per heavy atom. The first kappa shape index (κ1) is 23.4. The number of hydrogen-bond acceptors (Lipinski definition) is 5. The minimum atomic E-state index is -0.317. The van der Waals surface area contributed by atoms with Crippen LogP contribution in [0.5, 0.6) is 0 Å². The lowest BCUT2D eigenvalue weighted by molar-refractivity contribution is -0.122. The van der Waals surface area contributed by atoms with Crippen molar-refractivity contribution < 1.29 is 14.3 Å². The van der Waals surface area contributed by atoms with Crippen LogP contribution < -0.4 is 5.32 Å². The zero-order chi connectivity index (χ0) is 25.4. The number of aromatic nitrogens is 3. The molecule has 0 radical (unpaired) electrons. The Hall–Kier alpha value is -4.04. The molecule has 0 bridgehead atoms. The SMILES string of the molecule is CC(=O)N[C@H]1c2ccccc2C2(CCN(C(=O)c3ccc4nc[nH]c4c3)CC2)[C@@H]1OCc1ccccn1. The Labute approximate surface area is 215 Å². The highest BCUT2D eigenvalue weighted by atomic mass is 16.5. The second kappa shape index (κ2) is 9.44. The average Bonchev–Trinajstić information content (AvgIpc) is 3.49. The van der Waals surface area contributed by atoms with Crippen LogP contribution in [-0.2, 0) is 21.6 Å². The van der Waals surface area contributed by atoms with Crippen LogP contribution in [0.25, 0.3) is 11.0 Å². The van der Waals surface area contributed by atoms with E-state index in [1.165, 1.54) is 5.56 Å². The molecule has 8 heteroatoms. The topological polar surface area (TPSA) is 100 Å². The Bertz CT molecular complexity index is 1440. The zero-order valence-electron chi connectivity index (χ0n) is 20.7.